The zero-order valence-corrected chi connectivity index (χ0v) is 15.4. The van der Waals surface area contributed by atoms with Gasteiger partial charge in [-0.2, -0.15) is 0 Å². The van der Waals surface area contributed by atoms with Gasteiger partial charge in [0.25, 0.3) is 0 Å². The number of ether oxygens (including phenoxy) is 1. The maximum absolute atomic E-state index is 12.4. The van der Waals surface area contributed by atoms with E-state index in [0.717, 1.165) is 29.2 Å². The van der Waals surface area contributed by atoms with Gasteiger partial charge in [-0.15, -0.1) is 0 Å². The van der Waals surface area contributed by atoms with Crippen LogP contribution in [0.5, 0.6) is 5.75 Å². The highest BCUT2D eigenvalue weighted by Crippen LogP contribution is 2.34. The third-order valence-corrected chi connectivity index (χ3v) is 4.69. The summed E-state index contributed by atoms with van der Waals surface area (Å²) >= 11 is 0. The molecule has 4 rings (SSSR count). The number of carbonyl (C=O) groups is 1. The summed E-state index contributed by atoms with van der Waals surface area (Å²) in [6.45, 7) is 2.72. The van der Waals surface area contributed by atoms with Crippen LogP contribution in [-0.4, -0.2) is 34.0 Å². The van der Waals surface area contributed by atoms with Crippen molar-refractivity contribution in [3.8, 4) is 11.4 Å². The summed E-state index contributed by atoms with van der Waals surface area (Å²) in [6, 6.07) is 16.2. The van der Waals surface area contributed by atoms with E-state index in [-0.39, 0.29) is 11.9 Å². The van der Waals surface area contributed by atoms with E-state index in [9.17, 15) is 4.79 Å². The number of aryl methyl sites for hydroxylation is 1. The Morgan fingerprint density at radius 1 is 1.22 bits per heavy atom. The number of aromatic nitrogens is 2. The van der Waals surface area contributed by atoms with Crippen molar-refractivity contribution in [2.24, 2.45) is 0 Å². The number of amides is 1. The van der Waals surface area contributed by atoms with Gasteiger partial charge in [-0.1, -0.05) is 36.4 Å². The number of benzene rings is 2. The Morgan fingerprint density at radius 2 is 2.04 bits per heavy atom. The Morgan fingerprint density at radius 3 is 2.74 bits per heavy atom. The van der Waals surface area contributed by atoms with Gasteiger partial charge >= 0.3 is 0 Å². The molecule has 1 aliphatic rings. The highest BCUT2D eigenvalue weighted by Gasteiger charge is 2.38. The summed E-state index contributed by atoms with van der Waals surface area (Å²) in [7, 11) is 1.64. The molecule has 1 aliphatic heterocycles. The molecule has 2 aromatic carbocycles. The van der Waals surface area contributed by atoms with Crippen LogP contribution < -0.4 is 4.74 Å². The summed E-state index contributed by atoms with van der Waals surface area (Å²) < 4.78 is 7.44. The van der Waals surface area contributed by atoms with Crippen molar-refractivity contribution in [3.63, 3.8) is 0 Å². The second kappa shape index (κ2) is 7.11. The molecule has 1 aromatic heterocycles. The van der Waals surface area contributed by atoms with Crippen molar-refractivity contribution in [1.82, 2.24) is 14.5 Å². The van der Waals surface area contributed by atoms with Gasteiger partial charge in [0.2, 0.25) is 5.91 Å². The molecule has 0 N–H and O–H groups in total. The number of hydrogen-bond donors (Lipinski definition) is 0. The molecule has 2 heterocycles. The van der Waals surface area contributed by atoms with Crippen LogP contribution in [0.3, 0.4) is 0 Å². The smallest absolute Gasteiger partial charge is 0.247 e. The van der Waals surface area contributed by atoms with Crippen molar-refractivity contribution in [3.05, 3.63) is 84.0 Å². The molecular weight excluding hydrogens is 338 g/mol. The topological polar surface area (TPSA) is 47.1 Å². The highest BCUT2D eigenvalue weighted by molar-refractivity contribution is 5.93. The van der Waals surface area contributed by atoms with E-state index >= 15 is 0 Å². The highest BCUT2D eigenvalue weighted by atomic mass is 16.5. The van der Waals surface area contributed by atoms with Gasteiger partial charge in [-0.05, 0) is 36.3 Å². The third-order valence-electron chi connectivity index (χ3n) is 4.69. The van der Waals surface area contributed by atoms with Crippen molar-refractivity contribution < 1.29 is 9.53 Å². The quantitative estimate of drug-likeness (QED) is 0.514. The van der Waals surface area contributed by atoms with E-state index in [1.165, 1.54) is 5.56 Å². The lowest BCUT2D eigenvalue weighted by Crippen LogP contribution is -2.07. The van der Waals surface area contributed by atoms with Gasteiger partial charge < -0.3 is 14.2 Å². The molecule has 0 aliphatic carbocycles. The summed E-state index contributed by atoms with van der Waals surface area (Å²) in [5.74, 6) is 0.757. The molecule has 1 unspecified atom stereocenters. The number of hydrogen-bond acceptors (Lipinski definition) is 3. The van der Waals surface area contributed by atoms with Crippen molar-refractivity contribution in [1.29, 1.82) is 0 Å². The molecule has 5 heteroatoms. The summed E-state index contributed by atoms with van der Waals surface area (Å²) in [5, 5.41) is 0. The molecule has 27 heavy (non-hydrogen) atoms. The standard InChI is InChI=1S/C22H21N3O2/c1-16-13-24(15-23-16)19-10-8-17(12-21(19)27-2)9-11-22(26)25-14-20(25)18-6-4-3-5-7-18/h3-13,15,20H,14H2,1-2H3. The minimum atomic E-state index is 0.0251. The van der Waals surface area contributed by atoms with Gasteiger partial charge in [0.15, 0.2) is 0 Å². The maximum atomic E-state index is 12.4. The van der Waals surface area contributed by atoms with E-state index in [1.54, 1.807) is 19.5 Å². The SMILES string of the molecule is COc1cc(C=CC(=O)N2CC2c2ccccc2)ccc1-n1cnc(C)c1. The van der Waals surface area contributed by atoms with Gasteiger partial charge in [-0.25, -0.2) is 4.98 Å². The van der Waals surface area contributed by atoms with Gasteiger partial charge in [0.1, 0.15) is 5.75 Å². The third kappa shape index (κ3) is 3.62. The van der Waals surface area contributed by atoms with Crippen LogP contribution in [0, 0.1) is 6.92 Å². The monoisotopic (exact) mass is 359 g/mol. The maximum Gasteiger partial charge on any atom is 0.247 e. The van der Waals surface area contributed by atoms with Gasteiger partial charge in [-0.3, -0.25) is 4.79 Å². The molecule has 1 fully saturated rings. The fourth-order valence-electron chi connectivity index (χ4n) is 3.17. The lowest BCUT2D eigenvalue weighted by atomic mass is 10.1. The number of rotatable bonds is 5. The van der Waals surface area contributed by atoms with E-state index in [4.69, 9.17) is 4.74 Å². The molecule has 1 atom stereocenters. The van der Waals surface area contributed by atoms with E-state index < -0.39 is 0 Å². The molecule has 0 radical (unpaired) electrons. The molecule has 0 bridgehead atoms. The first-order valence-electron chi connectivity index (χ1n) is 8.88. The minimum absolute atomic E-state index is 0.0251. The Labute approximate surface area is 158 Å². The largest absolute Gasteiger partial charge is 0.495 e. The zero-order chi connectivity index (χ0) is 18.8. The van der Waals surface area contributed by atoms with E-state index in [0.29, 0.717) is 0 Å². The number of nitrogens with zero attached hydrogens (tertiary/aromatic N) is 3. The Kier molecular flexibility index (Phi) is 4.50. The van der Waals surface area contributed by atoms with Crippen LogP contribution in [0.25, 0.3) is 11.8 Å². The Bertz CT molecular complexity index is 992. The van der Waals surface area contributed by atoms with Gasteiger partial charge in [0, 0.05) is 18.8 Å². The molecule has 1 saturated heterocycles. The average Bonchev–Trinajstić information content (AvgIpc) is 3.40. The lowest BCUT2D eigenvalue weighted by molar-refractivity contribution is -0.121. The molecule has 0 spiro atoms. The fraction of sp³-hybridized carbons (Fsp3) is 0.182. The van der Waals surface area contributed by atoms with Crippen molar-refractivity contribution >= 4 is 12.0 Å². The molecule has 1 amide bonds. The first-order valence-corrected chi connectivity index (χ1v) is 8.88. The van der Waals surface area contributed by atoms with Gasteiger partial charge in [0.05, 0.1) is 30.9 Å². The zero-order valence-electron chi connectivity index (χ0n) is 15.4. The van der Waals surface area contributed by atoms with E-state index in [2.05, 4.69) is 17.1 Å². The first kappa shape index (κ1) is 17.1. The van der Waals surface area contributed by atoms with Crippen LogP contribution in [0.15, 0.2) is 67.1 Å². The normalized spacial score (nSPS) is 15.9. The second-order valence-corrected chi connectivity index (χ2v) is 6.60. The average molecular weight is 359 g/mol. The predicted molar refractivity (Wildman–Crippen MR) is 105 cm³/mol. The van der Waals surface area contributed by atoms with Crippen LogP contribution in [-0.2, 0) is 4.79 Å². The Hall–Kier alpha value is -3.34. The molecule has 3 aromatic rings. The predicted octanol–water partition coefficient (Wildman–Crippen LogP) is 3.79. The molecule has 0 saturated carbocycles. The fourth-order valence-corrected chi connectivity index (χ4v) is 3.17. The summed E-state index contributed by atoms with van der Waals surface area (Å²) in [6.07, 6.45) is 7.16. The molecule has 5 nitrogen and oxygen atoms in total. The summed E-state index contributed by atoms with van der Waals surface area (Å²) in [5.41, 5.74) is 3.95. The van der Waals surface area contributed by atoms with Crippen molar-refractivity contribution in [2.75, 3.05) is 13.7 Å². The summed E-state index contributed by atoms with van der Waals surface area (Å²) in [4.78, 5) is 18.5. The van der Waals surface area contributed by atoms with Crippen LogP contribution in [0.1, 0.15) is 22.9 Å². The molecule has 136 valence electrons. The second-order valence-electron chi connectivity index (χ2n) is 6.60. The lowest BCUT2D eigenvalue weighted by Gasteiger charge is -2.10. The Balaban J connectivity index is 1.47. The van der Waals surface area contributed by atoms with Crippen LogP contribution in [0.4, 0.5) is 0 Å². The number of imidazole rings is 1. The number of methoxy groups -OCH3 is 1. The van der Waals surface area contributed by atoms with Crippen LogP contribution >= 0.6 is 0 Å². The van der Waals surface area contributed by atoms with Crippen LogP contribution in [0.2, 0.25) is 0 Å². The number of carbonyl (C=O) groups excluding carboxylic acids is 1. The minimum Gasteiger partial charge on any atom is -0.495 e. The van der Waals surface area contributed by atoms with E-state index in [1.807, 2.05) is 65.1 Å². The molecular formula is C22H21N3O2. The first-order chi connectivity index (χ1) is 13.2. The van der Waals surface area contributed by atoms with Crippen molar-refractivity contribution in [2.45, 2.75) is 13.0 Å².